The highest BCUT2D eigenvalue weighted by molar-refractivity contribution is 5.84. The number of amides is 1. The van der Waals surface area contributed by atoms with Crippen LogP contribution in [0.25, 0.3) is 0 Å². The van der Waals surface area contributed by atoms with E-state index in [-0.39, 0.29) is 6.04 Å². The van der Waals surface area contributed by atoms with Crippen LogP contribution in [-0.4, -0.2) is 36.5 Å². The van der Waals surface area contributed by atoms with Gasteiger partial charge in [0.05, 0.1) is 6.04 Å². The minimum absolute atomic E-state index is 0.149. The topological polar surface area (TPSA) is 42.2 Å². The van der Waals surface area contributed by atoms with Crippen LogP contribution in [0.5, 0.6) is 0 Å². The fourth-order valence-electron chi connectivity index (χ4n) is 2.37. The minimum Gasteiger partial charge on any atom is -0.341 e. The first-order valence-electron chi connectivity index (χ1n) is 6.20. The van der Waals surface area contributed by atoms with Crippen LogP contribution in [0.2, 0.25) is 0 Å². The molecule has 3 heteroatoms. The average Bonchev–Trinajstić information content (AvgIpc) is 3.04. The molecule has 0 aliphatic carbocycles. The summed E-state index contributed by atoms with van der Waals surface area (Å²) in [5.74, 6) is 1.74. The molecule has 0 bridgehead atoms. The summed E-state index contributed by atoms with van der Waals surface area (Å²) in [5, 5.41) is 3.10. The van der Waals surface area contributed by atoms with Gasteiger partial charge in [-0.25, -0.2) is 0 Å². The van der Waals surface area contributed by atoms with Crippen molar-refractivity contribution >= 4 is 5.91 Å². The van der Waals surface area contributed by atoms with E-state index in [2.05, 4.69) is 24.1 Å². The lowest BCUT2D eigenvalue weighted by atomic mass is 9.91. The average molecular weight is 210 g/mol. The summed E-state index contributed by atoms with van der Waals surface area (Å²) in [7, 11) is 0. The first-order chi connectivity index (χ1) is 7.18. The lowest BCUT2D eigenvalue weighted by Crippen LogP contribution is -2.39. The van der Waals surface area contributed by atoms with Gasteiger partial charge in [-0.1, -0.05) is 20.3 Å². The molecule has 0 spiro atoms. The van der Waals surface area contributed by atoms with E-state index in [9.17, 15) is 4.79 Å². The van der Waals surface area contributed by atoms with E-state index in [0.29, 0.717) is 17.7 Å². The van der Waals surface area contributed by atoms with Crippen molar-refractivity contribution in [1.29, 1.82) is 0 Å². The molecule has 1 N–H and O–H groups in total. The molecule has 2 fully saturated rings. The standard InChI is InChI=1S/C12H22N2O/c1-9(2)10-5-3-4-6-14(8-10)12(15)11-7-13-11/h9-11,13H,3-8H2,1-2H3. The molecule has 2 atom stereocenters. The number of nitrogens with one attached hydrogen (secondary N) is 1. The van der Waals surface area contributed by atoms with E-state index in [4.69, 9.17) is 0 Å². The number of nitrogens with zero attached hydrogens (tertiary/aromatic N) is 1. The van der Waals surface area contributed by atoms with E-state index >= 15 is 0 Å². The van der Waals surface area contributed by atoms with Crippen molar-refractivity contribution in [1.82, 2.24) is 10.2 Å². The first-order valence-corrected chi connectivity index (χ1v) is 6.20. The Hall–Kier alpha value is -0.570. The van der Waals surface area contributed by atoms with E-state index in [1.165, 1.54) is 19.3 Å². The van der Waals surface area contributed by atoms with E-state index in [1.807, 2.05) is 0 Å². The molecule has 3 nitrogen and oxygen atoms in total. The van der Waals surface area contributed by atoms with Crippen molar-refractivity contribution in [2.24, 2.45) is 11.8 Å². The van der Waals surface area contributed by atoms with Crippen molar-refractivity contribution < 1.29 is 4.79 Å². The molecule has 0 radical (unpaired) electrons. The van der Waals surface area contributed by atoms with E-state index < -0.39 is 0 Å². The normalized spacial score (nSPS) is 31.5. The summed E-state index contributed by atoms with van der Waals surface area (Å²) in [5.41, 5.74) is 0. The molecule has 0 aromatic heterocycles. The van der Waals surface area contributed by atoms with Crippen molar-refractivity contribution in [2.75, 3.05) is 19.6 Å². The predicted octanol–water partition coefficient (Wildman–Crippen LogP) is 1.24. The first kappa shape index (κ1) is 10.9. The number of hydrogen-bond acceptors (Lipinski definition) is 2. The third-order valence-electron chi connectivity index (χ3n) is 3.67. The van der Waals surface area contributed by atoms with Crippen LogP contribution >= 0.6 is 0 Å². The Morgan fingerprint density at radius 2 is 2.13 bits per heavy atom. The summed E-state index contributed by atoms with van der Waals surface area (Å²) in [6.45, 7) is 7.39. The summed E-state index contributed by atoms with van der Waals surface area (Å²) in [6.07, 6.45) is 3.76. The molecule has 2 aliphatic rings. The summed E-state index contributed by atoms with van der Waals surface area (Å²) >= 11 is 0. The van der Waals surface area contributed by atoms with E-state index in [0.717, 1.165) is 19.6 Å². The zero-order valence-electron chi connectivity index (χ0n) is 9.83. The Balaban J connectivity index is 1.94. The lowest BCUT2D eigenvalue weighted by Gasteiger charge is -2.26. The number of carbonyl (C=O) groups excluding carboxylic acids is 1. The number of likely N-dealkylation sites (tertiary alicyclic amines) is 1. The van der Waals surface area contributed by atoms with Crippen molar-refractivity contribution in [3.63, 3.8) is 0 Å². The second kappa shape index (κ2) is 4.52. The van der Waals surface area contributed by atoms with Gasteiger partial charge >= 0.3 is 0 Å². The predicted molar refractivity (Wildman–Crippen MR) is 60.5 cm³/mol. The van der Waals surface area contributed by atoms with Crippen LogP contribution in [0.1, 0.15) is 33.1 Å². The molecular weight excluding hydrogens is 188 g/mol. The second-order valence-corrected chi connectivity index (χ2v) is 5.24. The Morgan fingerprint density at radius 3 is 2.73 bits per heavy atom. The fourth-order valence-corrected chi connectivity index (χ4v) is 2.37. The summed E-state index contributed by atoms with van der Waals surface area (Å²) < 4.78 is 0. The molecule has 2 unspecified atom stereocenters. The third kappa shape index (κ3) is 2.71. The van der Waals surface area contributed by atoms with Gasteiger partial charge in [-0.2, -0.15) is 0 Å². The van der Waals surface area contributed by atoms with Gasteiger partial charge in [0, 0.05) is 19.6 Å². The molecule has 2 aliphatic heterocycles. The Bertz CT molecular complexity index is 236. The van der Waals surface area contributed by atoms with Crippen LogP contribution < -0.4 is 5.32 Å². The summed E-state index contributed by atoms with van der Waals surface area (Å²) in [6, 6.07) is 0.149. The van der Waals surface area contributed by atoms with Crippen LogP contribution in [0.3, 0.4) is 0 Å². The maximum atomic E-state index is 11.9. The highest BCUT2D eigenvalue weighted by atomic mass is 16.2. The van der Waals surface area contributed by atoms with Gasteiger partial charge in [0.15, 0.2) is 0 Å². The summed E-state index contributed by atoms with van der Waals surface area (Å²) in [4.78, 5) is 14.0. The van der Waals surface area contributed by atoms with E-state index in [1.54, 1.807) is 0 Å². The quantitative estimate of drug-likeness (QED) is 0.697. The highest BCUT2D eigenvalue weighted by Gasteiger charge is 2.34. The highest BCUT2D eigenvalue weighted by Crippen LogP contribution is 2.24. The minimum atomic E-state index is 0.149. The van der Waals surface area contributed by atoms with Gasteiger partial charge in [-0.3, -0.25) is 4.79 Å². The van der Waals surface area contributed by atoms with Gasteiger partial charge in [0.2, 0.25) is 5.91 Å². The van der Waals surface area contributed by atoms with Crippen molar-refractivity contribution in [3.05, 3.63) is 0 Å². The van der Waals surface area contributed by atoms with Crippen molar-refractivity contribution in [2.45, 2.75) is 39.2 Å². The number of carbonyl (C=O) groups is 1. The Morgan fingerprint density at radius 1 is 1.40 bits per heavy atom. The van der Waals surface area contributed by atoms with Crippen LogP contribution in [0.4, 0.5) is 0 Å². The molecule has 0 aromatic carbocycles. The molecule has 86 valence electrons. The van der Waals surface area contributed by atoms with Gasteiger partial charge in [0.1, 0.15) is 0 Å². The molecule has 0 aromatic rings. The van der Waals surface area contributed by atoms with Gasteiger partial charge in [0.25, 0.3) is 0 Å². The number of hydrogen-bond donors (Lipinski definition) is 1. The van der Waals surface area contributed by atoms with Crippen LogP contribution in [-0.2, 0) is 4.79 Å². The second-order valence-electron chi connectivity index (χ2n) is 5.24. The third-order valence-corrected chi connectivity index (χ3v) is 3.67. The van der Waals surface area contributed by atoms with Crippen molar-refractivity contribution in [3.8, 4) is 0 Å². The maximum absolute atomic E-state index is 11.9. The molecule has 2 rings (SSSR count). The smallest absolute Gasteiger partial charge is 0.241 e. The largest absolute Gasteiger partial charge is 0.341 e. The molecule has 15 heavy (non-hydrogen) atoms. The maximum Gasteiger partial charge on any atom is 0.241 e. The Kier molecular flexibility index (Phi) is 3.29. The lowest BCUT2D eigenvalue weighted by molar-refractivity contribution is -0.131. The number of rotatable bonds is 2. The molecular formula is C12H22N2O. The molecule has 1 amide bonds. The van der Waals surface area contributed by atoms with Gasteiger partial charge in [-0.15, -0.1) is 0 Å². The van der Waals surface area contributed by atoms with Crippen LogP contribution in [0, 0.1) is 11.8 Å². The zero-order chi connectivity index (χ0) is 10.8. The fraction of sp³-hybridized carbons (Fsp3) is 0.917. The Labute approximate surface area is 92.2 Å². The van der Waals surface area contributed by atoms with Gasteiger partial charge < -0.3 is 10.2 Å². The molecule has 0 saturated carbocycles. The molecule has 2 saturated heterocycles. The van der Waals surface area contributed by atoms with Crippen LogP contribution in [0.15, 0.2) is 0 Å². The molecule has 2 heterocycles. The van der Waals surface area contributed by atoms with Gasteiger partial charge in [-0.05, 0) is 24.7 Å². The monoisotopic (exact) mass is 210 g/mol. The zero-order valence-corrected chi connectivity index (χ0v) is 9.83. The SMILES string of the molecule is CC(C)C1CCCCN(C(=O)C2CN2)C1.